The van der Waals surface area contributed by atoms with E-state index in [0.717, 1.165) is 0 Å². The van der Waals surface area contributed by atoms with Crippen LogP contribution < -0.4 is 5.73 Å². The molecule has 3 N–H and O–H groups in total. The molecule has 0 fully saturated rings. The maximum atomic E-state index is 10.8. The van der Waals surface area contributed by atoms with Crippen LogP contribution in [-0.4, -0.2) is 24.6 Å². The van der Waals surface area contributed by atoms with Crippen molar-refractivity contribution in [2.75, 3.05) is 5.73 Å². The molecule has 0 radical (unpaired) electrons. The first-order valence-electron chi connectivity index (χ1n) is 6.88. The van der Waals surface area contributed by atoms with Crippen molar-refractivity contribution >= 4 is 17.0 Å². The normalized spacial score (nSPS) is 11.8. The average Bonchev–Trinajstić information content (AvgIpc) is 2.88. The second-order valence-corrected chi connectivity index (χ2v) is 5.75. The highest BCUT2D eigenvalue weighted by atomic mass is 16.6. The highest BCUT2D eigenvalue weighted by Crippen LogP contribution is 2.38. The lowest BCUT2D eigenvalue weighted by Gasteiger charge is -2.18. The molecule has 118 valence electrons. The topological polar surface area (TPSA) is 120 Å². The quantitative estimate of drug-likeness (QED) is 0.564. The van der Waals surface area contributed by atoms with E-state index in [4.69, 9.17) is 5.73 Å². The number of benzene rings is 1. The van der Waals surface area contributed by atoms with Crippen LogP contribution in [0.1, 0.15) is 19.4 Å². The minimum atomic E-state index is -1.13. The van der Waals surface area contributed by atoms with Crippen molar-refractivity contribution in [1.29, 1.82) is 0 Å². The summed E-state index contributed by atoms with van der Waals surface area (Å²) in [6, 6.07) is 6.08. The van der Waals surface area contributed by atoms with Gasteiger partial charge in [-0.05, 0) is 31.5 Å². The Balaban J connectivity index is 2.32. The first kappa shape index (κ1) is 14.9. The summed E-state index contributed by atoms with van der Waals surface area (Å²) in [6.45, 7) is 3.32. The van der Waals surface area contributed by atoms with Gasteiger partial charge in [-0.25, -0.2) is 0 Å². The second kappa shape index (κ2) is 5.03. The number of aromatic nitrogens is 3. The van der Waals surface area contributed by atoms with E-state index in [0.29, 0.717) is 22.2 Å². The third-order valence-electron chi connectivity index (χ3n) is 3.64. The summed E-state index contributed by atoms with van der Waals surface area (Å²) in [4.78, 5) is 10.4. The summed E-state index contributed by atoms with van der Waals surface area (Å²) < 4.78 is 1.69. The van der Waals surface area contributed by atoms with Gasteiger partial charge in [0.25, 0.3) is 5.69 Å². The van der Waals surface area contributed by atoms with Gasteiger partial charge in [-0.1, -0.05) is 0 Å². The molecular formula is C15H15N5O3. The van der Waals surface area contributed by atoms with Crippen LogP contribution in [0.3, 0.4) is 0 Å². The van der Waals surface area contributed by atoms with E-state index in [2.05, 4.69) is 10.2 Å². The lowest BCUT2D eigenvalue weighted by molar-refractivity contribution is -0.384. The number of nitrogens with two attached hydrogens (primary N) is 1. The lowest BCUT2D eigenvalue weighted by atomic mass is 9.92. The van der Waals surface area contributed by atoms with Gasteiger partial charge >= 0.3 is 0 Å². The highest BCUT2D eigenvalue weighted by molar-refractivity contribution is 5.90. The van der Waals surface area contributed by atoms with Crippen molar-refractivity contribution in [3.63, 3.8) is 0 Å². The van der Waals surface area contributed by atoms with Gasteiger partial charge in [-0.2, -0.15) is 0 Å². The van der Waals surface area contributed by atoms with E-state index in [1.54, 1.807) is 36.6 Å². The molecule has 0 saturated carbocycles. The zero-order valence-electron chi connectivity index (χ0n) is 12.6. The van der Waals surface area contributed by atoms with Crippen LogP contribution in [0, 0.1) is 10.1 Å². The van der Waals surface area contributed by atoms with Crippen LogP contribution >= 0.6 is 0 Å². The molecule has 0 amide bonds. The average molecular weight is 313 g/mol. The van der Waals surface area contributed by atoms with E-state index < -0.39 is 10.5 Å². The van der Waals surface area contributed by atoms with Crippen LogP contribution in [0.4, 0.5) is 11.5 Å². The number of hydrogen-bond donors (Lipinski definition) is 2. The van der Waals surface area contributed by atoms with Crippen LogP contribution in [0.15, 0.2) is 36.8 Å². The van der Waals surface area contributed by atoms with Gasteiger partial charge in [0.1, 0.15) is 6.33 Å². The molecule has 8 nitrogen and oxygen atoms in total. The Morgan fingerprint density at radius 2 is 1.96 bits per heavy atom. The summed E-state index contributed by atoms with van der Waals surface area (Å²) in [7, 11) is 0. The molecule has 0 aliphatic rings. The predicted octanol–water partition coefficient (Wildman–Crippen LogP) is 2.11. The van der Waals surface area contributed by atoms with Crippen LogP contribution in [0.5, 0.6) is 0 Å². The fourth-order valence-corrected chi connectivity index (χ4v) is 2.57. The molecule has 2 aromatic heterocycles. The first-order chi connectivity index (χ1) is 10.8. The predicted molar refractivity (Wildman–Crippen MR) is 84.7 cm³/mol. The van der Waals surface area contributed by atoms with Gasteiger partial charge in [0.15, 0.2) is 5.82 Å². The van der Waals surface area contributed by atoms with Crippen molar-refractivity contribution in [1.82, 2.24) is 14.6 Å². The SMILES string of the molecule is CC(C)(O)c1cn2cnnc(N)c2c1-c1ccc([N+](=O)[O-])cc1. The Labute approximate surface area is 131 Å². The van der Waals surface area contributed by atoms with E-state index in [1.807, 2.05) is 0 Å². The molecule has 3 rings (SSSR count). The Kier molecular flexibility index (Phi) is 3.26. The molecule has 0 spiro atoms. The Morgan fingerprint density at radius 1 is 1.30 bits per heavy atom. The molecule has 0 bridgehead atoms. The number of non-ortho nitro benzene ring substituents is 1. The molecule has 8 heteroatoms. The highest BCUT2D eigenvalue weighted by Gasteiger charge is 2.26. The molecule has 0 unspecified atom stereocenters. The number of nitro benzene ring substituents is 1. The van der Waals surface area contributed by atoms with E-state index in [1.165, 1.54) is 18.5 Å². The first-order valence-corrected chi connectivity index (χ1v) is 6.88. The van der Waals surface area contributed by atoms with Gasteiger partial charge in [-0.15, -0.1) is 10.2 Å². The largest absolute Gasteiger partial charge is 0.386 e. The van der Waals surface area contributed by atoms with Crippen LogP contribution in [-0.2, 0) is 5.60 Å². The number of nitrogens with zero attached hydrogens (tertiary/aromatic N) is 4. The van der Waals surface area contributed by atoms with Crippen LogP contribution in [0.25, 0.3) is 16.6 Å². The van der Waals surface area contributed by atoms with Crippen molar-refractivity contribution in [3.8, 4) is 11.1 Å². The van der Waals surface area contributed by atoms with Gasteiger partial charge < -0.3 is 15.2 Å². The number of rotatable bonds is 3. The zero-order chi connectivity index (χ0) is 16.8. The Hall–Kier alpha value is -3.00. The van der Waals surface area contributed by atoms with E-state index in [9.17, 15) is 15.2 Å². The Bertz CT molecular complexity index is 894. The molecule has 0 saturated heterocycles. The Morgan fingerprint density at radius 3 is 2.52 bits per heavy atom. The summed E-state index contributed by atoms with van der Waals surface area (Å²) in [6.07, 6.45) is 3.23. The third-order valence-corrected chi connectivity index (χ3v) is 3.64. The minimum Gasteiger partial charge on any atom is -0.386 e. The zero-order valence-corrected chi connectivity index (χ0v) is 12.6. The number of anilines is 1. The maximum Gasteiger partial charge on any atom is 0.269 e. The lowest BCUT2D eigenvalue weighted by Crippen LogP contribution is -2.15. The number of nitro groups is 1. The number of hydrogen-bond acceptors (Lipinski definition) is 6. The fourth-order valence-electron chi connectivity index (χ4n) is 2.57. The van der Waals surface area contributed by atoms with Crippen LogP contribution in [0.2, 0.25) is 0 Å². The van der Waals surface area contributed by atoms with Gasteiger partial charge in [0, 0.05) is 29.5 Å². The fraction of sp³-hybridized carbons (Fsp3) is 0.200. The van der Waals surface area contributed by atoms with Crippen molar-refractivity contribution in [2.45, 2.75) is 19.4 Å². The molecule has 3 aromatic rings. The second-order valence-electron chi connectivity index (χ2n) is 5.75. The standard InChI is InChI=1S/C15H15N5O3/c1-15(2,21)11-7-19-8-17-18-14(16)13(19)12(11)9-3-5-10(6-4-9)20(22)23/h3-8,21H,1-2H3,(H2,16,18). The van der Waals surface area contributed by atoms with Crippen molar-refractivity contribution in [3.05, 3.63) is 52.5 Å². The van der Waals surface area contributed by atoms with Crippen molar-refractivity contribution < 1.29 is 10.0 Å². The van der Waals surface area contributed by atoms with Gasteiger partial charge in [0.05, 0.1) is 16.0 Å². The third kappa shape index (κ3) is 2.49. The van der Waals surface area contributed by atoms with Gasteiger partial charge in [-0.3, -0.25) is 10.1 Å². The van der Waals surface area contributed by atoms with E-state index in [-0.39, 0.29) is 11.5 Å². The summed E-state index contributed by atoms with van der Waals surface area (Å²) in [5.74, 6) is 0.219. The summed E-state index contributed by atoms with van der Waals surface area (Å²) >= 11 is 0. The number of fused-ring (bicyclic) bond motifs is 1. The molecule has 0 atom stereocenters. The molecule has 23 heavy (non-hydrogen) atoms. The summed E-state index contributed by atoms with van der Waals surface area (Å²) in [5, 5.41) is 28.9. The number of nitrogen functional groups attached to an aromatic ring is 1. The smallest absolute Gasteiger partial charge is 0.269 e. The monoisotopic (exact) mass is 313 g/mol. The summed E-state index contributed by atoms with van der Waals surface area (Å²) in [5.41, 5.74) is 7.43. The molecule has 0 aliphatic heterocycles. The van der Waals surface area contributed by atoms with E-state index >= 15 is 0 Å². The minimum absolute atomic E-state index is 0.00478. The molecular weight excluding hydrogens is 298 g/mol. The molecule has 2 heterocycles. The molecule has 1 aromatic carbocycles. The van der Waals surface area contributed by atoms with Crippen molar-refractivity contribution in [2.24, 2.45) is 0 Å². The maximum absolute atomic E-state index is 10.8. The number of aliphatic hydroxyl groups is 1. The molecule has 0 aliphatic carbocycles. The van der Waals surface area contributed by atoms with Gasteiger partial charge in [0.2, 0.25) is 0 Å².